The molecule has 4 saturated heterocycles. The van der Waals surface area contributed by atoms with Crippen molar-refractivity contribution in [3.05, 3.63) is 24.3 Å². The average molecular weight is 931 g/mol. The molecule has 0 aliphatic carbocycles. The van der Waals surface area contributed by atoms with Crippen LogP contribution in [0.3, 0.4) is 0 Å². The lowest BCUT2D eigenvalue weighted by Gasteiger charge is -2.22. The van der Waals surface area contributed by atoms with E-state index in [2.05, 4.69) is 99.2 Å². The van der Waals surface area contributed by atoms with Gasteiger partial charge in [-0.1, -0.05) is 0 Å². The van der Waals surface area contributed by atoms with Crippen LogP contribution in [0.1, 0.15) is 69.4 Å². The highest BCUT2D eigenvalue weighted by Gasteiger charge is 2.49. The summed E-state index contributed by atoms with van der Waals surface area (Å²) in [7, 11) is 8.24. The molecular formula is C39H58N22O6. The second-order valence-corrected chi connectivity index (χ2v) is 17.8. The zero-order chi connectivity index (χ0) is 46.7. The SMILES string of the molecule is CCn1nnc([C@H]2O[C@@H](n3cnc4c(NCCCNc5nc(N6CC[C@@H](N(C)C)C6)nc6c5ncn6[C@@H]5O[C@H](c6nnn(CC)n6)[C@@H](O)[C@H]5O)nc(N5CC[C@@H](N(C)C)C5)nc43)[C@H](O)[C@@H]2O)n1. The van der Waals surface area contributed by atoms with Crippen molar-refractivity contribution in [1.82, 2.24) is 89.3 Å². The highest BCUT2D eigenvalue weighted by atomic mass is 16.6. The molecule has 0 aromatic carbocycles. The Hall–Kier alpha value is -5.88. The Bertz CT molecular complexity index is 2490. The molecule has 67 heavy (non-hydrogen) atoms. The van der Waals surface area contributed by atoms with Gasteiger partial charge in [0.1, 0.15) is 24.4 Å². The zero-order valence-electron chi connectivity index (χ0n) is 38.3. The van der Waals surface area contributed by atoms with Gasteiger partial charge < -0.3 is 60.1 Å². The minimum absolute atomic E-state index is 0.169. The Labute approximate surface area is 383 Å². The third-order valence-electron chi connectivity index (χ3n) is 13.1. The Morgan fingerprint density at radius 3 is 1.43 bits per heavy atom. The van der Waals surface area contributed by atoms with E-state index in [1.807, 2.05) is 13.8 Å². The Morgan fingerprint density at radius 2 is 1.06 bits per heavy atom. The van der Waals surface area contributed by atoms with Gasteiger partial charge in [-0.3, -0.25) is 9.13 Å². The number of hydrogen-bond acceptors (Lipinski definition) is 24. The molecule has 10 atom stereocenters. The largest absolute Gasteiger partial charge is 0.387 e. The second kappa shape index (κ2) is 18.3. The molecule has 0 saturated carbocycles. The maximum Gasteiger partial charge on any atom is 0.229 e. The lowest BCUT2D eigenvalue weighted by atomic mass is 10.1. The lowest BCUT2D eigenvalue weighted by Crippen LogP contribution is -2.32. The topological polar surface area (TPSA) is 311 Å². The van der Waals surface area contributed by atoms with Crippen LogP contribution in [0.5, 0.6) is 0 Å². The van der Waals surface area contributed by atoms with Crippen LogP contribution in [0.4, 0.5) is 23.5 Å². The van der Waals surface area contributed by atoms with E-state index in [4.69, 9.17) is 29.4 Å². The van der Waals surface area contributed by atoms with E-state index in [9.17, 15) is 20.4 Å². The van der Waals surface area contributed by atoms with Crippen molar-refractivity contribution in [3.63, 3.8) is 0 Å². The Morgan fingerprint density at radius 1 is 0.627 bits per heavy atom. The molecule has 4 fully saturated rings. The first kappa shape index (κ1) is 44.9. The molecule has 6 aromatic rings. The monoisotopic (exact) mass is 930 g/mol. The van der Waals surface area contributed by atoms with E-state index >= 15 is 0 Å². The second-order valence-electron chi connectivity index (χ2n) is 17.8. The smallest absolute Gasteiger partial charge is 0.229 e. The number of rotatable bonds is 16. The summed E-state index contributed by atoms with van der Waals surface area (Å²) >= 11 is 0. The molecule has 10 rings (SSSR count). The molecule has 0 spiro atoms. The van der Waals surface area contributed by atoms with Crippen LogP contribution in [-0.2, 0) is 22.6 Å². The van der Waals surface area contributed by atoms with Crippen LogP contribution in [0.15, 0.2) is 12.7 Å². The molecular weight excluding hydrogens is 873 g/mol. The molecule has 0 amide bonds. The van der Waals surface area contributed by atoms with Crippen molar-refractivity contribution in [3.8, 4) is 0 Å². The van der Waals surface area contributed by atoms with Crippen LogP contribution < -0.4 is 20.4 Å². The summed E-state index contributed by atoms with van der Waals surface area (Å²) in [6.07, 6.45) is -3.92. The maximum absolute atomic E-state index is 11.3. The van der Waals surface area contributed by atoms with Gasteiger partial charge in [-0.25, -0.2) is 9.97 Å². The first-order valence-electron chi connectivity index (χ1n) is 22.8. The van der Waals surface area contributed by atoms with E-state index in [1.54, 1.807) is 9.13 Å². The summed E-state index contributed by atoms with van der Waals surface area (Å²) in [5, 5.41) is 76.5. The first-order valence-corrected chi connectivity index (χ1v) is 22.8. The molecule has 4 aliphatic heterocycles. The molecule has 0 bridgehead atoms. The number of aryl methyl sites for hydroxylation is 2. The van der Waals surface area contributed by atoms with E-state index in [1.165, 1.54) is 22.2 Å². The lowest BCUT2D eigenvalue weighted by molar-refractivity contribution is -0.0384. The molecule has 10 heterocycles. The fourth-order valence-corrected chi connectivity index (χ4v) is 9.12. The van der Waals surface area contributed by atoms with Crippen LogP contribution in [0.25, 0.3) is 22.3 Å². The van der Waals surface area contributed by atoms with Crippen LogP contribution >= 0.6 is 0 Å². The first-order chi connectivity index (χ1) is 32.4. The van der Waals surface area contributed by atoms with Crippen molar-refractivity contribution >= 4 is 45.9 Å². The number of aliphatic hydroxyl groups excluding tert-OH is 4. The number of aliphatic hydroxyl groups is 4. The minimum Gasteiger partial charge on any atom is -0.387 e. The third-order valence-corrected chi connectivity index (χ3v) is 13.1. The van der Waals surface area contributed by atoms with Gasteiger partial charge in [0.05, 0.1) is 25.7 Å². The summed E-state index contributed by atoms with van der Waals surface area (Å²) in [6.45, 7) is 8.60. The minimum atomic E-state index is -1.34. The number of likely N-dealkylation sites (N-methyl/N-ethyl adjacent to an activating group) is 2. The summed E-state index contributed by atoms with van der Waals surface area (Å²) in [6, 6.07) is 0.634. The van der Waals surface area contributed by atoms with Crippen molar-refractivity contribution in [2.45, 2.75) is 107 Å². The maximum atomic E-state index is 11.3. The van der Waals surface area contributed by atoms with E-state index in [-0.39, 0.29) is 11.6 Å². The summed E-state index contributed by atoms with van der Waals surface area (Å²) < 4.78 is 15.7. The highest BCUT2D eigenvalue weighted by Crippen LogP contribution is 2.41. The molecule has 6 aromatic heterocycles. The Kier molecular flexibility index (Phi) is 12.3. The predicted octanol–water partition coefficient (Wildman–Crippen LogP) is -1.84. The Balaban J connectivity index is 0.891. The average Bonchev–Trinajstić information content (AvgIpc) is 4.18. The molecule has 4 aliphatic rings. The molecule has 6 N–H and O–H groups in total. The van der Waals surface area contributed by atoms with E-state index in [0.29, 0.717) is 90.5 Å². The summed E-state index contributed by atoms with van der Waals surface area (Å²) in [5.41, 5.74) is 1.77. The van der Waals surface area contributed by atoms with Gasteiger partial charge >= 0.3 is 0 Å². The normalized spacial score (nSPS) is 27.9. The number of nitrogens with zero attached hydrogens (tertiary/aromatic N) is 20. The van der Waals surface area contributed by atoms with Crippen molar-refractivity contribution in [2.75, 3.05) is 87.9 Å². The molecule has 28 heteroatoms. The number of ether oxygens (including phenoxy) is 2. The van der Waals surface area contributed by atoms with Gasteiger partial charge in [0.2, 0.25) is 23.5 Å². The molecule has 0 radical (unpaired) electrons. The number of imidazole rings is 2. The van der Waals surface area contributed by atoms with E-state index < -0.39 is 49.1 Å². The van der Waals surface area contributed by atoms with Gasteiger partial charge in [-0.05, 0) is 71.7 Å². The number of tetrazole rings is 2. The summed E-state index contributed by atoms with van der Waals surface area (Å²) in [4.78, 5) is 40.7. The third kappa shape index (κ3) is 8.33. The van der Waals surface area contributed by atoms with Crippen molar-refractivity contribution in [1.29, 1.82) is 0 Å². The quantitative estimate of drug-likeness (QED) is 0.0581. The van der Waals surface area contributed by atoms with E-state index in [0.717, 1.165) is 39.0 Å². The molecule has 28 nitrogen and oxygen atoms in total. The van der Waals surface area contributed by atoms with Crippen LogP contribution in [-0.4, -0.2) is 214 Å². The standard InChI is InChI=1S/C39H58N22O6/c1-7-60-50-32(48-52-60)28-24(62)26(64)36(66-28)58-18-42-22-30(44-38(46-34(22)58)56-14-10-20(16-56)54(3)4)40-12-9-13-41-31-23-35(47-39(45-31)57-15-11-21(17-57)55(5)6)59(19-43-23)37-27(65)25(63)29(67-37)33-49-53-61(8-2)51-33/h18-21,24-29,36-37,62-65H,7-17H2,1-6H3,(H,40,44,46)(H,41,45,47)/t20-,21-,24+,25+,26-,27-,28+,29+,36-,37-/m1/s1. The fraction of sp³-hybridized carbons (Fsp3) is 0.692. The van der Waals surface area contributed by atoms with Crippen LogP contribution in [0, 0.1) is 0 Å². The zero-order valence-corrected chi connectivity index (χ0v) is 38.3. The summed E-state index contributed by atoms with van der Waals surface area (Å²) in [5.74, 6) is 2.34. The number of aromatic nitrogens is 16. The van der Waals surface area contributed by atoms with Gasteiger partial charge in [-0.2, -0.15) is 29.5 Å². The number of fused-ring (bicyclic) bond motifs is 2. The van der Waals surface area contributed by atoms with Gasteiger partial charge in [-0.15, -0.1) is 20.4 Å². The molecule has 0 unspecified atom stereocenters. The predicted molar refractivity (Wildman–Crippen MR) is 238 cm³/mol. The fourth-order valence-electron chi connectivity index (χ4n) is 9.12. The highest BCUT2D eigenvalue weighted by molar-refractivity contribution is 5.85. The van der Waals surface area contributed by atoms with Crippen molar-refractivity contribution in [2.24, 2.45) is 0 Å². The number of nitrogens with one attached hydrogen (secondary N) is 2. The van der Waals surface area contributed by atoms with Gasteiger partial charge in [0.25, 0.3) is 0 Å². The van der Waals surface area contributed by atoms with Gasteiger partial charge in [0, 0.05) is 51.4 Å². The van der Waals surface area contributed by atoms with Gasteiger partial charge in [0.15, 0.2) is 58.6 Å². The number of anilines is 4. The van der Waals surface area contributed by atoms with Crippen LogP contribution in [0.2, 0.25) is 0 Å². The molecule has 360 valence electrons. The van der Waals surface area contributed by atoms with Crippen molar-refractivity contribution < 1.29 is 29.9 Å². The number of hydrogen-bond donors (Lipinski definition) is 6.